The van der Waals surface area contributed by atoms with Crippen molar-refractivity contribution in [3.05, 3.63) is 28.8 Å². The van der Waals surface area contributed by atoms with E-state index in [0.29, 0.717) is 34.7 Å². The van der Waals surface area contributed by atoms with Crippen LogP contribution in [0.1, 0.15) is 43.1 Å². The van der Waals surface area contributed by atoms with Crippen molar-refractivity contribution >= 4 is 17.2 Å². The number of hydrogen-bond donors (Lipinski definition) is 0. The summed E-state index contributed by atoms with van der Waals surface area (Å²) in [5, 5.41) is 3.94. The standard InChI is InChI=1S/C18H24F3N3OS/c1-11(2)9-24(10-12(3)4)17(25)15-7-6-14(26-15)13-8-16(18(19,20)21)23(5)22-13/h6-8,11-12H,9-10H2,1-5H3. The average Bonchev–Trinajstić information content (AvgIpc) is 3.10. The number of carbonyl (C=O) groups is 1. The van der Waals surface area contributed by atoms with Gasteiger partial charge in [0.15, 0.2) is 0 Å². The van der Waals surface area contributed by atoms with Crippen LogP contribution in [0.15, 0.2) is 18.2 Å². The summed E-state index contributed by atoms with van der Waals surface area (Å²) in [6, 6.07) is 4.33. The Morgan fingerprint density at radius 1 is 1.19 bits per heavy atom. The Balaban J connectivity index is 2.27. The van der Waals surface area contributed by atoms with Crippen molar-refractivity contribution in [2.24, 2.45) is 18.9 Å². The predicted molar refractivity (Wildman–Crippen MR) is 97.1 cm³/mol. The van der Waals surface area contributed by atoms with Crippen LogP contribution in [0.3, 0.4) is 0 Å². The maximum absolute atomic E-state index is 12.9. The maximum Gasteiger partial charge on any atom is 0.433 e. The molecular weight excluding hydrogens is 363 g/mol. The number of alkyl halides is 3. The zero-order valence-electron chi connectivity index (χ0n) is 15.6. The number of aryl methyl sites for hydroxylation is 1. The Morgan fingerprint density at radius 3 is 2.23 bits per heavy atom. The predicted octanol–water partition coefficient (Wildman–Crippen LogP) is 4.92. The number of nitrogens with zero attached hydrogens (tertiary/aromatic N) is 3. The molecule has 26 heavy (non-hydrogen) atoms. The summed E-state index contributed by atoms with van der Waals surface area (Å²) in [5.74, 6) is 0.583. The average molecular weight is 387 g/mol. The van der Waals surface area contributed by atoms with E-state index in [2.05, 4.69) is 5.10 Å². The molecule has 4 nitrogen and oxygen atoms in total. The van der Waals surface area contributed by atoms with E-state index in [1.165, 1.54) is 18.4 Å². The summed E-state index contributed by atoms with van der Waals surface area (Å²) < 4.78 is 39.6. The van der Waals surface area contributed by atoms with E-state index in [9.17, 15) is 18.0 Å². The van der Waals surface area contributed by atoms with Crippen LogP contribution in [0.5, 0.6) is 0 Å². The van der Waals surface area contributed by atoms with Crippen molar-refractivity contribution in [3.8, 4) is 10.6 Å². The van der Waals surface area contributed by atoms with Crippen LogP contribution < -0.4 is 0 Å². The summed E-state index contributed by atoms with van der Waals surface area (Å²) in [6.07, 6.45) is -4.46. The molecule has 0 aliphatic heterocycles. The second-order valence-electron chi connectivity index (χ2n) is 7.20. The zero-order chi connectivity index (χ0) is 19.6. The Bertz CT molecular complexity index is 752. The fourth-order valence-corrected chi connectivity index (χ4v) is 3.65. The first-order valence-electron chi connectivity index (χ1n) is 8.49. The molecule has 0 fully saturated rings. The molecule has 0 aliphatic carbocycles. The van der Waals surface area contributed by atoms with Crippen LogP contribution in [0.25, 0.3) is 10.6 Å². The molecule has 2 aromatic rings. The third-order valence-electron chi connectivity index (χ3n) is 3.70. The molecule has 0 spiro atoms. The van der Waals surface area contributed by atoms with E-state index >= 15 is 0 Å². The number of rotatable bonds is 6. The van der Waals surface area contributed by atoms with Crippen molar-refractivity contribution in [2.75, 3.05) is 13.1 Å². The SMILES string of the molecule is CC(C)CN(CC(C)C)C(=O)c1ccc(-c2cc(C(F)(F)F)n(C)n2)s1. The highest BCUT2D eigenvalue weighted by Gasteiger charge is 2.35. The highest BCUT2D eigenvalue weighted by atomic mass is 32.1. The van der Waals surface area contributed by atoms with E-state index in [1.54, 1.807) is 12.1 Å². The minimum Gasteiger partial charge on any atom is -0.337 e. The van der Waals surface area contributed by atoms with Gasteiger partial charge in [0.05, 0.1) is 9.75 Å². The Labute approximate surface area is 155 Å². The molecule has 0 saturated heterocycles. The van der Waals surface area contributed by atoms with E-state index in [1.807, 2.05) is 32.6 Å². The molecule has 2 heterocycles. The number of hydrogen-bond acceptors (Lipinski definition) is 3. The molecule has 0 aliphatic rings. The topological polar surface area (TPSA) is 38.1 Å². The quantitative estimate of drug-likeness (QED) is 0.705. The first-order valence-corrected chi connectivity index (χ1v) is 9.31. The highest BCUT2D eigenvalue weighted by Crippen LogP contribution is 2.34. The molecule has 0 atom stereocenters. The molecular formula is C18H24F3N3OS. The summed E-state index contributed by atoms with van der Waals surface area (Å²) in [7, 11) is 1.26. The van der Waals surface area contributed by atoms with Gasteiger partial charge in [-0.3, -0.25) is 9.48 Å². The third kappa shape index (κ3) is 4.87. The number of thiophene rings is 1. The van der Waals surface area contributed by atoms with Gasteiger partial charge in [0.2, 0.25) is 0 Å². The van der Waals surface area contributed by atoms with Gasteiger partial charge in [0.25, 0.3) is 5.91 Å². The monoisotopic (exact) mass is 387 g/mol. The second-order valence-corrected chi connectivity index (χ2v) is 8.28. The van der Waals surface area contributed by atoms with E-state index in [-0.39, 0.29) is 11.6 Å². The van der Waals surface area contributed by atoms with Gasteiger partial charge in [-0.05, 0) is 30.0 Å². The Hall–Kier alpha value is -1.83. The molecule has 8 heteroatoms. The number of amides is 1. The van der Waals surface area contributed by atoms with E-state index in [0.717, 1.165) is 10.7 Å². The van der Waals surface area contributed by atoms with Gasteiger partial charge in [-0.15, -0.1) is 11.3 Å². The van der Waals surface area contributed by atoms with Crippen molar-refractivity contribution in [3.63, 3.8) is 0 Å². The van der Waals surface area contributed by atoms with Gasteiger partial charge in [-0.25, -0.2) is 0 Å². The fourth-order valence-electron chi connectivity index (χ4n) is 2.72. The second kappa shape index (κ2) is 7.82. The van der Waals surface area contributed by atoms with Gasteiger partial charge in [-0.2, -0.15) is 18.3 Å². The van der Waals surface area contributed by atoms with Crippen molar-refractivity contribution in [2.45, 2.75) is 33.9 Å². The summed E-state index contributed by atoms with van der Waals surface area (Å²) in [4.78, 5) is 15.7. The molecule has 0 radical (unpaired) electrons. The lowest BCUT2D eigenvalue weighted by Gasteiger charge is -2.25. The number of aromatic nitrogens is 2. The van der Waals surface area contributed by atoms with Crippen LogP contribution in [0.4, 0.5) is 13.2 Å². The Morgan fingerprint density at radius 2 is 1.77 bits per heavy atom. The molecule has 0 aromatic carbocycles. The van der Waals surface area contributed by atoms with Crippen molar-refractivity contribution in [1.82, 2.24) is 14.7 Å². The van der Waals surface area contributed by atoms with Crippen LogP contribution in [-0.2, 0) is 13.2 Å². The van der Waals surface area contributed by atoms with Gasteiger partial charge in [0.1, 0.15) is 11.4 Å². The lowest BCUT2D eigenvalue weighted by Crippen LogP contribution is -2.36. The molecule has 144 valence electrons. The van der Waals surface area contributed by atoms with Crippen LogP contribution >= 0.6 is 11.3 Å². The van der Waals surface area contributed by atoms with Gasteiger partial charge in [-0.1, -0.05) is 27.7 Å². The van der Waals surface area contributed by atoms with Crippen LogP contribution in [0.2, 0.25) is 0 Å². The molecule has 2 aromatic heterocycles. The molecule has 0 unspecified atom stereocenters. The molecule has 0 N–H and O–H groups in total. The van der Waals surface area contributed by atoms with Crippen LogP contribution in [-0.4, -0.2) is 33.7 Å². The Kier molecular flexibility index (Phi) is 6.16. The first kappa shape index (κ1) is 20.5. The van der Waals surface area contributed by atoms with Gasteiger partial charge >= 0.3 is 6.18 Å². The molecule has 2 rings (SSSR count). The molecule has 1 amide bonds. The third-order valence-corrected chi connectivity index (χ3v) is 4.79. The first-order chi connectivity index (χ1) is 12.0. The van der Waals surface area contributed by atoms with Gasteiger partial charge in [0, 0.05) is 20.1 Å². The number of halogens is 3. The van der Waals surface area contributed by atoms with E-state index in [4.69, 9.17) is 0 Å². The highest BCUT2D eigenvalue weighted by molar-refractivity contribution is 7.17. The minimum absolute atomic E-state index is 0.0874. The van der Waals surface area contributed by atoms with E-state index < -0.39 is 11.9 Å². The molecule has 0 bridgehead atoms. The lowest BCUT2D eigenvalue weighted by molar-refractivity contribution is -0.143. The largest absolute Gasteiger partial charge is 0.433 e. The van der Waals surface area contributed by atoms with Crippen LogP contribution in [0, 0.1) is 11.8 Å². The fraction of sp³-hybridized carbons (Fsp3) is 0.556. The summed E-state index contributed by atoms with van der Waals surface area (Å²) in [5.41, 5.74) is -0.585. The lowest BCUT2D eigenvalue weighted by atomic mass is 10.1. The van der Waals surface area contributed by atoms with Crippen molar-refractivity contribution in [1.29, 1.82) is 0 Å². The minimum atomic E-state index is -4.46. The maximum atomic E-state index is 12.9. The number of carbonyl (C=O) groups excluding carboxylic acids is 1. The molecule has 0 saturated carbocycles. The zero-order valence-corrected chi connectivity index (χ0v) is 16.4. The smallest absolute Gasteiger partial charge is 0.337 e. The summed E-state index contributed by atoms with van der Waals surface area (Å²) in [6.45, 7) is 9.48. The van der Waals surface area contributed by atoms with Crippen molar-refractivity contribution < 1.29 is 18.0 Å². The normalized spacial score (nSPS) is 12.2. The van der Waals surface area contributed by atoms with Gasteiger partial charge < -0.3 is 4.90 Å². The summed E-state index contributed by atoms with van der Waals surface area (Å²) >= 11 is 1.17.